The van der Waals surface area contributed by atoms with E-state index in [1.165, 1.54) is 7.11 Å². The molecule has 2 N–H and O–H groups in total. The Labute approximate surface area is 105 Å². The lowest BCUT2D eigenvalue weighted by molar-refractivity contribution is 0.0937. The summed E-state index contributed by atoms with van der Waals surface area (Å²) < 4.78 is 5.15. The Morgan fingerprint density at radius 3 is 3.06 bits per heavy atom. The molecule has 0 aromatic heterocycles. The molecule has 1 saturated heterocycles. The molecule has 1 atom stereocenters. The van der Waals surface area contributed by atoms with Crippen molar-refractivity contribution in [3.63, 3.8) is 0 Å². The Kier molecular flexibility index (Phi) is 3.86. The highest BCUT2D eigenvalue weighted by atomic mass is 35.5. The molecule has 1 amide bonds. The summed E-state index contributed by atoms with van der Waals surface area (Å²) in [7, 11) is 1.54. The molecule has 1 aromatic carbocycles. The van der Waals surface area contributed by atoms with E-state index >= 15 is 0 Å². The molecule has 17 heavy (non-hydrogen) atoms. The molecule has 0 bridgehead atoms. The largest absolute Gasteiger partial charge is 0.496 e. The van der Waals surface area contributed by atoms with Crippen molar-refractivity contribution in [1.29, 1.82) is 0 Å². The maximum absolute atomic E-state index is 12.1. The Balaban J connectivity index is 2.14. The maximum Gasteiger partial charge on any atom is 0.255 e. The van der Waals surface area contributed by atoms with E-state index in [9.17, 15) is 4.79 Å². The van der Waals surface area contributed by atoms with Gasteiger partial charge >= 0.3 is 0 Å². The minimum atomic E-state index is -0.141. The van der Waals surface area contributed by atoms with Crippen molar-refractivity contribution in [2.24, 2.45) is 0 Å². The predicted molar refractivity (Wildman–Crippen MR) is 66.7 cm³/mol. The summed E-state index contributed by atoms with van der Waals surface area (Å²) in [5.41, 5.74) is 0.479. The highest BCUT2D eigenvalue weighted by Crippen LogP contribution is 2.22. The summed E-state index contributed by atoms with van der Waals surface area (Å²) in [5, 5.41) is 6.68. The van der Waals surface area contributed by atoms with Crippen molar-refractivity contribution in [3.05, 3.63) is 28.8 Å². The fraction of sp³-hybridized carbons (Fsp3) is 0.417. The topological polar surface area (TPSA) is 50.4 Å². The summed E-state index contributed by atoms with van der Waals surface area (Å²) in [4.78, 5) is 12.1. The summed E-state index contributed by atoms with van der Waals surface area (Å²) in [6.45, 7) is 1.76. The number of nitrogens with one attached hydrogen (secondary N) is 2. The summed E-state index contributed by atoms with van der Waals surface area (Å²) >= 11 is 5.89. The lowest BCUT2D eigenvalue weighted by atomic mass is 10.1. The third-order valence-corrected chi connectivity index (χ3v) is 3.04. The molecule has 2 rings (SSSR count). The predicted octanol–water partition coefficient (Wildman–Crippen LogP) is 1.44. The van der Waals surface area contributed by atoms with E-state index in [1.54, 1.807) is 18.2 Å². The number of carbonyl (C=O) groups excluding carboxylic acids is 1. The van der Waals surface area contributed by atoms with Crippen LogP contribution in [0.15, 0.2) is 18.2 Å². The van der Waals surface area contributed by atoms with Crippen LogP contribution in [0.1, 0.15) is 16.8 Å². The van der Waals surface area contributed by atoms with Crippen LogP contribution in [-0.4, -0.2) is 32.1 Å². The zero-order valence-electron chi connectivity index (χ0n) is 9.63. The molecule has 1 fully saturated rings. The van der Waals surface area contributed by atoms with E-state index in [1.807, 2.05) is 0 Å². The van der Waals surface area contributed by atoms with E-state index in [2.05, 4.69) is 10.6 Å². The summed E-state index contributed by atoms with van der Waals surface area (Å²) in [5.74, 6) is 0.399. The number of ether oxygens (including phenoxy) is 1. The number of hydrogen-bond donors (Lipinski definition) is 2. The summed E-state index contributed by atoms with van der Waals surface area (Å²) in [6.07, 6.45) is 0.953. The van der Waals surface area contributed by atoms with E-state index in [-0.39, 0.29) is 11.9 Å². The van der Waals surface area contributed by atoms with Gasteiger partial charge in [-0.15, -0.1) is 0 Å². The van der Waals surface area contributed by atoms with Crippen LogP contribution >= 0.6 is 11.6 Å². The molecular formula is C12H15ClN2O2. The first kappa shape index (κ1) is 12.2. The second-order valence-electron chi connectivity index (χ2n) is 4.01. The number of halogens is 1. The van der Waals surface area contributed by atoms with E-state index in [0.29, 0.717) is 16.3 Å². The fourth-order valence-corrected chi connectivity index (χ4v) is 2.07. The number of carbonyl (C=O) groups is 1. The molecule has 1 aliphatic rings. The van der Waals surface area contributed by atoms with Gasteiger partial charge in [-0.2, -0.15) is 0 Å². The highest BCUT2D eigenvalue weighted by Gasteiger charge is 2.19. The van der Waals surface area contributed by atoms with Gasteiger partial charge in [0.25, 0.3) is 5.91 Å². The van der Waals surface area contributed by atoms with Gasteiger partial charge in [0.1, 0.15) is 5.75 Å². The molecule has 92 valence electrons. The van der Waals surface area contributed by atoms with Crippen LogP contribution in [-0.2, 0) is 0 Å². The minimum absolute atomic E-state index is 0.141. The SMILES string of the molecule is COc1ccc(Cl)cc1C(=O)N[C@H]1CCNC1. The normalized spacial score (nSPS) is 19.1. The molecule has 1 heterocycles. The molecule has 1 aromatic rings. The number of methoxy groups -OCH3 is 1. The average molecular weight is 255 g/mol. The van der Waals surface area contributed by atoms with Gasteiger partial charge in [0, 0.05) is 17.6 Å². The highest BCUT2D eigenvalue weighted by molar-refractivity contribution is 6.31. The van der Waals surface area contributed by atoms with Gasteiger partial charge in [-0.05, 0) is 31.2 Å². The quantitative estimate of drug-likeness (QED) is 0.858. The first-order valence-electron chi connectivity index (χ1n) is 5.56. The third kappa shape index (κ3) is 2.90. The third-order valence-electron chi connectivity index (χ3n) is 2.80. The van der Waals surface area contributed by atoms with Gasteiger partial charge in [0.2, 0.25) is 0 Å². The number of amides is 1. The number of rotatable bonds is 3. The molecule has 4 nitrogen and oxygen atoms in total. The standard InChI is InChI=1S/C12H15ClN2O2/c1-17-11-3-2-8(13)6-10(11)12(16)15-9-4-5-14-7-9/h2-3,6,9,14H,4-5,7H2,1H3,(H,15,16)/t9-/m0/s1. The first-order valence-corrected chi connectivity index (χ1v) is 5.93. The van der Waals surface area contributed by atoms with Crippen LogP contribution in [0.2, 0.25) is 5.02 Å². The van der Waals surface area contributed by atoms with Gasteiger partial charge in [0.05, 0.1) is 12.7 Å². The molecule has 0 aliphatic carbocycles. The second-order valence-corrected chi connectivity index (χ2v) is 4.44. The van der Waals surface area contributed by atoms with Crippen molar-refractivity contribution in [2.45, 2.75) is 12.5 Å². The lowest BCUT2D eigenvalue weighted by Gasteiger charge is -2.13. The molecular weight excluding hydrogens is 240 g/mol. The van der Waals surface area contributed by atoms with Gasteiger partial charge in [-0.25, -0.2) is 0 Å². The molecule has 0 unspecified atom stereocenters. The number of hydrogen-bond acceptors (Lipinski definition) is 3. The van der Waals surface area contributed by atoms with Crippen LogP contribution in [0.3, 0.4) is 0 Å². The smallest absolute Gasteiger partial charge is 0.255 e. The zero-order chi connectivity index (χ0) is 12.3. The molecule has 1 aliphatic heterocycles. The fourth-order valence-electron chi connectivity index (χ4n) is 1.90. The second kappa shape index (κ2) is 5.38. The van der Waals surface area contributed by atoms with Gasteiger partial charge in [-0.1, -0.05) is 11.6 Å². The van der Waals surface area contributed by atoms with Gasteiger partial charge in [0.15, 0.2) is 0 Å². The molecule has 5 heteroatoms. The molecule has 0 radical (unpaired) electrons. The van der Waals surface area contributed by atoms with Crippen molar-refractivity contribution < 1.29 is 9.53 Å². The maximum atomic E-state index is 12.1. The summed E-state index contributed by atoms with van der Waals surface area (Å²) in [6, 6.07) is 5.21. The van der Waals surface area contributed by atoms with Crippen molar-refractivity contribution in [1.82, 2.24) is 10.6 Å². The van der Waals surface area contributed by atoms with Crippen LogP contribution in [0.25, 0.3) is 0 Å². The average Bonchev–Trinajstić information content (AvgIpc) is 2.81. The number of benzene rings is 1. The Bertz CT molecular complexity index is 417. The molecule has 0 saturated carbocycles. The van der Waals surface area contributed by atoms with E-state index in [0.717, 1.165) is 19.5 Å². The van der Waals surface area contributed by atoms with E-state index in [4.69, 9.17) is 16.3 Å². The monoisotopic (exact) mass is 254 g/mol. The minimum Gasteiger partial charge on any atom is -0.496 e. The van der Waals surface area contributed by atoms with Crippen molar-refractivity contribution in [3.8, 4) is 5.75 Å². The van der Waals surface area contributed by atoms with Crippen LogP contribution in [0, 0.1) is 0 Å². The van der Waals surface area contributed by atoms with E-state index < -0.39 is 0 Å². The van der Waals surface area contributed by atoms with Crippen LogP contribution < -0.4 is 15.4 Å². The molecule has 0 spiro atoms. The zero-order valence-corrected chi connectivity index (χ0v) is 10.4. The van der Waals surface area contributed by atoms with Crippen LogP contribution in [0.5, 0.6) is 5.75 Å². The van der Waals surface area contributed by atoms with Gasteiger partial charge < -0.3 is 15.4 Å². The Morgan fingerprint density at radius 1 is 1.59 bits per heavy atom. The van der Waals surface area contributed by atoms with Crippen molar-refractivity contribution >= 4 is 17.5 Å². The van der Waals surface area contributed by atoms with Gasteiger partial charge in [-0.3, -0.25) is 4.79 Å². The Morgan fingerprint density at radius 2 is 2.41 bits per heavy atom. The lowest BCUT2D eigenvalue weighted by Crippen LogP contribution is -2.36. The van der Waals surface area contributed by atoms with Crippen LogP contribution in [0.4, 0.5) is 0 Å². The Hall–Kier alpha value is -1.26. The first-order chi connectivity index (χ1) is 8.20. The van der Waals surface area contributed by atoms with Crippen molar-refractivity contribution in [2.75, 3.05) is 20.2 Å².